The fraction of sp³-hybridized carbons (Fsp3) is 0.304. The van der Waals surface area contributed by atoms with Gasteiger partial charge in [0.15, 0.2) is 5.16 Å². The zero-order chi connectivity index (χ0) is 23.3. The minimum atomic E-state index is -0.532. The van der Waals surface area contributed by atoms with Gasteiger partial charge in [0.1, 0.15) is 0 Å². The van der Waals surface area contributed by atoms with Gasteiger partial charge in [-0.3, -0.25) is 19.0 Å². The molecule has 0 saturated carbocycles. The minimum absolute atomic E-state index is 0.139. The lowest BCUT2D eigenvalue weighted by molar-refractivity contribution is -0.115. The fourth-order valence-electron chi connectivity index (χ4n) is 3.15. The van der Waals surface area contributed by atoms with E-state index in [-0.39, 0.29) is 11.5 Å². The fourth-order valence-corrected chi connectivity index (χ4v) is 4.26. The molecule has 3 aromatic rings. The number of hydrogen-bond donors (Lipinski definition) is 2. The van der Waals surface area contributed by atoms with Gasteiger partial charge >= 0.3 is 0 Å². The van der Waals surface area contributed by atoms with Crippen LogP contribution in [0.2, 0.25) is 5.02 Å². The van der Waals surface area contributed by atoms with Crippen molar-refractivity contribution in [2.45, 2.75) is 50.1 Å². The molecule has 1 heterocycles. The Morgan fingerprint density at radius 2 is 1.91 bits per heavy atom. The number of aromatic nitrogens is 2. The Morgan fingerprint density at radius 3 is 2.56 bits per heavy atom. The summed E-state index contributed by atoms with van der Waals surface area (Å²) in [5.41, 5.74) is 6.52. The van der Waals surface area contributed by atoms with Crippen LogP contribution in [0.25, 0.3) is 10.9 Å². The molecule has 2 aromatic carbocycles. The van der Waals surface area contributed by atoms with Gasteiger partial charge in [0.25, 0.3) is 5.56 Å². The third kappa shape index (κ3) is 5.69. The monoisotopic (exact) mass is 472 g/mol. The first-order valence-corrected chi connectivity index (χ1v) is 11.6. The largest absolute Gasteiger partial charge is 0.366 e. The molecule has 7 nitrogen and oxygen atoms in total. The summed E-state index contributed by atoms with van der Waals surface area (Å²) in [5, 5.41) is 3.77. The number of nitrogens with two attached hydrogens (primary N) is 1. The van der Waals surface area contributed by atoms with Gasteiger partial charge in [-0.2, -0.15) is 0 Å². The van der Waals surface area contributed by atoms with Gasteiger partial charge in [0.05, 0.1) is 16.2 Å². The molecule has 3 N–H and O–H groups in total. The second-order valence-corrected chi connectivity index (χ2v) is 9.16. The maximum atomic E-state index is 13.1. The van der Waals surface area contributed by atoms with E-state index in [1.807, 2.05) is 0 Å². The number of thioether (sulfide) groups is 1. The van der Waals surface area contributed by atoms with E-state index in [9.17, 15) is 14.4 Å². The second kappa shape index (κ2) is 10.7. The quantitative estimate of drug-likeness (QED) is 0.271. The number of amides is 2. The van der Waals surface area contributed by atoms with E-state index in [1.54, 1.807) is 54.0 Å². The molecule has 0 radical (unpaired) electrons. The Kier molecular flexibility index (Phi) is 7.93. The predicted molar refractivity (Wildman–Crippen MR) is 129 cm³/mol. The Bertz CT molecular complexity index is 1190. The van der Waals surface area contributed by atoms with Crippen LogP contribution in [0.3, 0.4) is 0 Å². The third-order valence-corrected chi connectivity index (χ3v) is 6.28. The summed E-state index contributed by atoms with van der Waals surface area (Å²) < 4.78 is 1.64. The van der Waals surface area contributed by atoms with Crippen molar-refractivity contribution in [3.63, 3.8) is 0 Å². The van der Waals surface area contributed by atoms with Gasteiger partial charge in [-0.15, -0.1) is 0 Å². The van der Waals surface area contributed by atoms with Gasteiger partial charge in [-0.05, 0) is 55.8 Å². The molecule has 32 heavy (non-hydrogen) atoms. The van der Waals surface area contributed by atoms with E-state index in [0.29, 0.717) is 38.9 Å². The number of hydrogen-bond acceptors (Lipinski definition) is 5. The van der Waals surface area contributed by atoms with Crippen molar-refractivity contribution >= 4 is 51.8 Å². The average Bonchev–Trinajstić information content (AvgIpc) is 2.76. The van der Waals surface area contributed by atoms with Crippen LogP contribution >= 0.6 is 23.4 Å². The highest BCUT2D eigenvalue weighted by molar-refractivity contribution is 8.00. The first-order valence-electron chi connectivity index (χ1n) is 10.4. The normalized spacial score (nSPS) is 12.0. The lowest BCUT2D eigenvalue weighted by Gasteiger charge is -2.16. The molecule has 0 bridgehead atoms. The molecule has 0 spiro atoms. The average molecular weight is 473 g/mol. The number of carbonyl (C=O) groups is 2. The van der Waals surface area contributed by atoms with E-state index < -0.39 is 11.2 Å². The van der Waals surface area contributed by atoms with Crippen molar-refractivity contribution in [1.82, 2.24) is 9.55 Å². The van der Waals surface area contributed by atoms with Gasteiger partial charge in [0, 0.05) is 22.8 Å². The molecule has 9 heteroatoms. The number of carbonyl (C=O) groups excluding carboxylic acids is 2. The van der Waals surface area contributed by atoms with Crippen LogP contribution in [0, 0.1) is 0 Å². The summed E-state index contributed by atoms with van der Waals surface area (Å²) in [6.45, 7) is 4.38. The molecule has 1 atom stereocenters. The van der Waals surface area contributed by atoms with E-state index in [1.165, 1.54) is 11.8 Å². The summed E-state index contributed by atoms with van der Waals surface area (Å²) in [4.78, 5) is 41.7. The van der Waals surface area contributed by atoms with E-state index in [0.717, 1.165) is 19.3 Å². The number of fused-ring (bicyclic) bond motifs is 1. The smallest absolute Gasteiger partial charge is 0.262 e. The highest BCUT2D eigenvalue weighted by Gasteiger charge is 2.20. The first kappa shape index (κ1) is 23.8. The molecule has 1 aromatic heterocycles. The van der Waals surface area contributed by atoms with Crippen LogP contribution in [-0.2, 0) is 11.3 Å². The molecule has 0 saturated heterocycles. The maximum absolute atomic E-state index is 13.1. The summed E-state index contributed by atoms with van der Waals surface area (Å²) >= 11 is 7.32. The summed E-state index contributed by atoms with van der Waals surface area (Å²) in [5.74, 6) is -0.780. The maximum Gasteiger partial charge on any atom is 0.262 e. The number of unbranched alkanes of at least 4 members (excludes halogenated alkanes) is 2. The zero-order valence-corrected chi connectivity index (χ0v) is 19.5. The summed E-state index contributed by atoms with van der Waals surface area (Å²) in [6.07, 6.45) is 2.87. The standard InChI is InChI=1S/C23H25ClN4O3S/c1-3-4-5-12-28-22(31)18-11-8-16(24)13-19(18)27-23(28)32-14(2)21(30)26-17-9-6-15(7-10-17)20(25)29/h6-11,13-14H,3-5,12H2,1-2H3,(H2,25,29)(H,26,30). The van der Waals surface area contributed by atoms with Crippen LogP contribution in [0.5, 0.6) is 0 Å². The lowest BCUT2D eigenvalue weighted by atomic mass is 10.2. The van der Waals surface area contributed by atoms with E-state index in [4.69, 9.17) is 17.3 Å². The van der Waals surface area contributed by atoms with Crippen LogP contribution in [0.4, 0.5) is 5.69 Å². The van der Waals surface area contributed by atoms with Gasteiger partial charge in [0.2, 0.25) is 11.8 Å². The van der Waals surface area contributed by atoms with Crippen molar-refractivity contribution < 1.29 is 9.59 Å². The number of nitrogens with zero attached hydrogens (tertiary/aromatic N) is 2. The number of nitrogens with one attached hydrogen (secondary N) is 1. The molecular formula is C23H25ClN4O3S. The molecule has 0 aliphatic carbocycles. The Morgan fingerprint density at radius 1 is 1.19 bits per heavy atom. The summed E-state index contributed by atoms with van der Waals surface area (Å²) in [6, 6.07) is 11.4. The third-order valence-electron chi connectivity index (χ3n) is 4.96. The molecule has 0 aliphatic heterocycles. The SMILES string of the molecule is CCCCCn1c(SC(C)C(=O)Nc2ccc(C(N)=O)cc2)nc2cc(Cl)ccc2c1=O. The lowest BCUT2D eigenvalue weighted by Crippen LogP contribution is -2.27. The second-order valence-electron chi connectivity index (χ2n) is 7.41. The van der Waals surface area contributed by atoms with Crippen molar-refractivity contribution in [2.75, 3.05) is 5.32 Å². The molecule has 1 unspecified atom stereocenters. The topological polar surface area (TPSA) is 107 Å². The van der Waals surface area contributed by atoms with Crippen molar-refractivity contribution in [2.24, 2.45) is 5.73 Å². The number of benzene rings is 2. The predicted octanol–water partition coefficient (Wildman–Crippen LogP) is 4.46. The van der Waals surface area contributed by atoms with Gasteiger partial charge < -0.3 is 11.1 Å². The number of halogens is 1. The van der Waals surface area contributed by atoms with Gasteiger partial charge in [-0.25, -0.2) is 4.98 Å². The van der Waals surface area contributed by atoms with Crippen molar-refractivity contribution in [1.29, 1.82) is 0 Å². The van der Waals surface area contributed by atoms with Gasteiger partial charge in [-0.1, -0.05) is 43.1 Å². The highest BCUT2D eigenvalue weighted by atomic mass is 35.5. The Labute approximate surface area is 195 Å². The molecule has 0 aliphatic rings. The molecule has 2 amide bonds. The molecule has 168 valence electrons. The number of anilines is 1. The molecule has 3 rings (SSSR count). The van der Waals surface area contributed by atoms with Crippen molar-refractivity contribution in [3.05, 3.63) is 63.4 Å². The van der Waals surface area contributed by atoms with E-state index in [2.05, 4.69) is 17.2 Å². The van der Waals surface area contributed by atoms with Crippen LogP contribution in [0.15, 0.2) is 52.4 Å². The highest BCUT2D eigenvalue weighted by Crippen LogP contribution is 2.25. The zero-order valence-electron chi connectivity index (χ0n) is 17.9. The Hall–Kier alpha value is -2.84. The first-order chi connectivity index (χ1) is 15.3. The van der Waals surface area contributed by atoms with E-state index >= 15 is 0 Å². The van der Waals surface area contributed by atoms with Crippen LogP contribution < -0.4 is 16.6 Å². The summed E-state index contributed by atoms with van der Waals surface area (Å²) in [7, 11) is 0. The van der Waals surface area contributed by atoms with Crippen molar-refractivity contribution in [3.8, 4) is 0 Å². The van der Waals surface area contributed by atoms with Crippen LogP contribution in [0.1, 0.15) is 43.5 Å². The number of primary amides is 1. The minimum Gasteiger partial charge on any atom is -0.366 e. The Balaban J connectivity index is 1.84. The molecule has 0 fully saturated rings. The number of rotatable bonds is 9. The van der Waals surface area contributed by atoms with Crippen LogP contribution in [-0.4, -0.2) is 26.6 Å². The molecular weight excluding hydrogens is 448 g/mol.